The molecule has 0 amide bonds. The zero-order valence-corrected chi connectivity index (χ0v) is 16.0. The van der Waals surface area contributed by atoms with Crippen LogP contribution in [0.5, 0.6) is 0 Å². The molecule has 3 heterocycles. The molecule has 5 rings (SSSR count). The monoisotopic (exact) mass is 391 g/mol. The van der Waals surface area contributed by atoms with Crippen LogP contribution in [0.25, 0.3) is 44.1 Å². The molecule has 0 fully saturated rings. The van der Waals surface area contributed by atoms with E-state index in [0.29, 0.717) is 21.7 Å². The van der Waals surface area contributed by atoms with E-state index >= 15 is 0 Å². The minimum atomic E-state index is -3.09. The van der Waals surface area contributed by atoms with E-state index < -0.39 is 26.4 Å². The molecule has 144 valence electrons. The van der Waals surface area contributed by atoms with Crippen molar-refractivity contribution in [3.8, 4) is 11.3 Å². The Hall–Kier alpha value is -3.20. The summed E-state index contributed by atoms with van der Waals surface area (Å²) in [6.45, 7) is -6.66. The van der Waals surface area contributed by atoms with E-state index in [1.807, 2.05) is 30.7 Å². The Morgan fingerprint density at radius 2 is 1.86 bits per heavy atom. The summed E-state index contributed by atoms with van der Waals surface area (Å²) < 4.78 is 86.8. The molecule has 0 atom stereocenters. The third-order valence-corrected chi connectivity index (χ3v) is 5.38. The number of benzene rings is 2. The Morgan fingerprint density at radius 3 is 2.69 bits per heavy atom. The molecule has 3 nitrogen and oxygen atoms in total. The highest BCUT2D eigenvalue weighted by molar-refractivity contribution is 6.11. The van der Waals surface area contributed by atoms with Crippen molar-refractivity contribution < 1.29 is 22.7 Å². The van der Waals surface area contributed by atoms with Crippen LogP contribution in [0.1, 0.15) is 50.1 Å². The second-order valence-corrected chi connectivity index (χ2v) is 7.24. The van der Waals surface area contributed by atoms with Gasteiger partial charge >= 0.3 is 0 Å². The molecule has 0 saturated heterocycles. The number of pyridine rings is 2. The summed E-state index contributed by atoms with van der Waals surface area (Å²) in [6.07, 6.45) is 1.77. The van der Waals surface area contributed by atoms with E-state index in [1.54, 1.807) is 24.4 Å². The second-order valence-electron chi connectivity index (χ2n) is 7.24. The number of hydrogen-bond donors (Lipinski definition) is 0. The molecule has 29 heavy (non-hydrogen) atoms. The van der Waals surface area contributed by atoms with Gasteiger partial charge in [0, 0.05) is 36.2 Å². The quantitative estimate of drug-likeness (QED) is 0.327. The van der Waals surface area contributed by atoms with E-state index in [-0.39, 0.29) is 17.0 Å². The molecule has 2 aromatic carbocycles. The van der Waals surface area contributed by atoms with Crippen molar-refractivity contribution in [3.63, 3.8) is 0 Å². The lowest BCUT2D eigenvalue weighted by Gasteiger charge is -2.11. The Balaban J connectivity index is 1.80. The van der Waals surface area contributed by atoms with Gasteiger partial charge in [-0.3, -0.25) is 0 Å². The molecule has 5 aromatic rings. The van der Waals surface area contributed by atoms with Crippen LogP contribution >= 0.6 is 0 Å². The second kappa shape index (κ2) is 6.41. The van der Waals surface area contributed by atoms with E-state index in [1.165, 1.54) is 18.2 Å². The SMILES string of the molecule is [2H]C([2H])([2H])c1ccc2c(n1)oc1c(-c3c4ccc(C([2H])(C([2H])([2H])[2H])C([2H])([2H])[2H])cc4cc[n+]3C)c(C)ccc12. The molecule has 3 aromatic heterocycles. The average Bonchev–Trinajstić information content (AvgIpc) is 3.19. The van der Waals surface area contributed by atoms with E-state index in [2.05, 4.69) is 4.98 Å². The minimum Gasteiger partial charge on any atom is -0.437 e. The zero-order valence-electron chi connectivity index (χ0n) is 26.0. The van der Waals surface area contributed by atoms with Gasteiger partial charge in [0.25, 0.3) is 0 Å². The Morgan fingerprint density at radius 1 is 1.03 bits per heavy atom. The number of aryl methyl sites for hydroxylation is 3. The number of fused-ring (bicyclic) bond motifs is 4. The Kier molecular flexibility index (Phi) is 2.22. The maximum absolute atomic E-state index is 8.57. The van der Waals surface area contributed by atoms with Crippen molar-refractivity contribution in [2.75, 3.05) is 0 Å². The number of rotatable bonds is 2. The zero-order chi connectivity index (χ0) is 28.7. The number of furan rings is 1. The van der Waals surface area contributed by atoms with Crippen LogP contribution in [0.15, 0.2) is 59.1 Å². The third kappa shape index (κ3) is 2.72. The van der Waals surface area contributed by atoms with Crippen LogP contribution in [-0.4, -0.2) is 4.98 Å². The van der Waals surface area contributed by atoms with Gasteiger partial charge in [-0.1, -0.05) is 38.0 Å². The first-order valence-corrected chi connectivity index (χ1v) is 9.22. The molecule has 0 N–H and O–H groups in total. The number of aromatic nitrogens is 2. The summed E-state index contributed by atoms with van der Waals surface area (Å²) in [5.41, 5.74) is 2.82. The lowest BCUT2D eigenvalue weighted by molar-refractivity contribution is -0.659. The molecule has 0 unspecified atom stereocenters. The molecular formula is C26H25N2O+. The Labute approximate surface area is 184 Å². The van der Waals surface area contributed by atoms with Gasteiger partial charge in [0.05, 0.1) is 10.9 Å². The maximum Gasteiger partial charge on any atom is 0.227 e. The summed E-state index contributed by atoms with van der Waals surface area (Å²) in [7, 11) is 1.84. The summed E-state index contributed by atoms with van der Waals surface area (Å²) in [5, 5.41) is 2.66. The lowest BCUT2D eigenvalue weighted by Crippen LogP contribution is -2.30. The van der Waals surface area contributed by atoms with Crippen LogP contribution in [0, 0.1) is 13.8 Å². The van der Waals surface area contributed by atoms with Crippen LogP contribution in [0.3, 0.4) is 0 Å². The molecule has 0 saturated carbocycles. The predicted molar refractivity (Wildman–Crippen MR) is 119 cm³/mol. The third-order valence-electron chi connectivity index (χ3n) is 5.38. The lowest BCUT2D eigenvalue weighted by atomic mass is 9.94. The molecule has 0 radical (unpaired) electrons. The first-order valence-electron chi connectivity index (χ1n) is 14.2. The molecule has 0 spiro atoms. The summed E-state index contributed by atoms with van der Waals surface area (Å²) in [6, 6.07) is 13.2. The fourth-order valence-corrected chi connectivity index (χ4v) is 3.95. The van der Waals surface area contributed by atoms with Crippen molar-refractivity contribution >= 4 is 32.8 Å². The van der Waals surface area contributed by atoms with Crippen LogP contribution in [0.2, 0.25) is 0 Å². The Bertz CT molecular complexity index is 1750. The highest BCUT2D eigenvalue weighted by atomic mass is 16.3. The van der Waals surface area contributed by atoms with Gasteiger partial charge in [0.2, 0.25) is 11.4 Å². The molecule has 0 bridgehead atoms. The average molecular weight is 392 g/mol. The molecule has 0 aliphatic rings. The maximum atomic E-state index is 8.57. The largest absolute Gasteiger partial charge is 0.437 e. The van der Waals surface area contributed by atoms with Gasteiger partial charge in [0.1, 0.15) is 7.05 Å². The molecular weight excluding hydrogens is 356 g/mol. The van der Waals surface area contributed by atoms with Crippen molar-refractivity contribution in [3.05, 3.63) is 71.5 Å². The van der Waals surface area contributed by atoms with Crippen molar-refractivity contribution in [1.29, 1.82) is 0 Å². The molecule has 0 aliphatic heterocycles. The number of nitrogens with zero attached hydrogens (tertiary/aromatic N) is 2. The smallest absolute Gasteiger partial charge is 0.227 e. The van der Waals surface area contributed by atoms with Gasteiger partial charge in [-0.2, -0.15) is 0 Å². The number of hydrogen-bond acceptors (Lipinski definition) is 2. The molecule has 3 heteroatoms. The summed E-state index contributed by atoms with van der Waals surface area (Å²) in [5.74, 6) is -2.81. The van der Waals surface area contributed by atoms with E-state index in [9.17, 15) is 0 Å². The predicted octanol–water partition coefficient (Wildman–Crippen LogP) is 6.37. The molecule has 0 aliphatic carbocycles. The van der Waals surface area contributed by atoms with Crippen molar-refractivity contribution in [1.82, 2.24) is 4.98 Å². The summed E-state index contributed by atoms with van der Waals surface area (Å²) >= 11 is 0. The minimum absolute atomic E-state index is 0.0713. The van der Waals surface area contributed by atoms with E-state index in [0.717, 1.165) is 22.2 Å². The van der Waals surface area contributed by atoms with Gasteiger partial charge < -0.3 is 4.42 Å². The fraction of sp³-hybridized carbons (Fsp3) is 0.231. The van der Waals surface area contributed by atoms with Crippen LogP contribution in [-0.2, 0) is 7.05 Å². The fourth-order valence-electron chi connectivity index (χ4n) is 3.95. The van der Waals surface area contributed by atoms with Gasteiger partial charge in [-0.15, -0.1) is 0 Å². The van der Waals surface area contributed by atoms with Crippen molar-refractivity contribution in [2.45, 2.75) is 33.4 Å². The summed E-state index contributed by atoms with van der Waals surface area (Å²) in [4.78, 5) is 4.25. The van der Waals surface area contributed by atoms with E-state index in [4.69, 9.17) is 18.1 Å². The highest BCUT2D eigenvalue weighted by Crippen LogP contribution is 2.38. The normalized spacial score (nSPS) is 18.7. The van der Waals surface area contributed by atoms with Crippen LogP contribution in [0.4, 0.5) is 0 Å². The van der Waals surface area contributed by atoms with Gasteiger partial charge in [0.15, 0.2) is 11.8 Å². The standard InChI is InChI=1S/C26H25N2O/c1-15(2)18-8-11-20-19(14-18)12-13-28(5)24(20)23-16(3)6-9-21-22-10-7-17(4)27-26(22)29-25(21)23/h6-15H,1-5H3/q+1/i1D3,2D3,4D3,15D. The van der Waals surface area contributed by atoms with Gasteiger partial charge in [-0.05, 0) is 54.4 Å². The van der Waals surface area contributed by atoms with Crippen molar-refractivity contribution in [2.24, 2.45) is 7.05 Å². The highest BCUT2D eigenvalue weighted by Gasteiger charge is 2.23. The first-order chi connectivity index (χ1) is 17.9. The van der Waals surface area contributed by atoms with Gasteiger partial charge in [-0.25, -0.2) is 9.55 Å². The van der Waals surface area contributed by atoms with Crippen LogP contribution < -0.4 is 4.57 Å². The first kappa shape index (κ1) is 10.0. The topological polar surface area (TPSA) is 29.9 Å².